The number of hydrogen-bond donors (Lipinski definition) is 0. The molecule has 1 aromatic carbocycles. The molecule has 6 heteroatoms. The molecule has 2 saturated heterocycles. The molecule has 0 amide bonds. The highest BCUT2D eigenvalue weighted by Gasteiger charge is 2.39. The van der Waals surface area contributed by atoms with Crippen molar-refractivity contribution in [2.75, 3.05) is 38.2 Å². The van der Waals surface area contributed by atoms with Crippen LogP contribution in [0.3, 0.4) is 0 Å². The second kappa shape index (κ2) is 5.14. The van der Waals surface area contributed by atoms with Gasteiger partial charge in [0.2, 0.25) is 0 Å². The first-order valence-electron chi connectivity index (χ1n) is 7.44. The van der Waals surface area contributed by atoms with Gasteiger partial charge >= 0.3 is 0 Å². The van der Waals surface area contributed by atoms with E-state index in [1.807, 2.05) is 6.07 Å². The Morgan fingerprint density at radius 1 is 1.27 bits per heavy atom. The molecule has 0 radical (unpaired) electrons. The van der Waals surface area contributed by atoms with Gasteiger partial charge in [-0.3, -0.25) is 9.88 Å². The highest BCUT2D eigenvalue weighted by atomic mass is 19.1. The molecule has 0 bridgehead atoms. The standard InChI is InChI=1S/C16H17F2N3O/c1-20-4-5-22-15-9-21(8-14(15)20)13-2-3-19-16-11(13)6-10(17)7-12(16)18/h2-3,6-7,14-15H,4-5,8-9H2,1H3. The largest absolute Gasteiger partial charge is 0.373 e. The fourth-order valence-electron chi connectivity index (χ4n) is 3.49. The predicted molar refractivity (Wildman–Crippen MR) is 80.0 cm³/mol. The zero-order chi connectivity index (χ0) is 15.3. The maximum atomic E-state index is 13.9. The zero-order valence-electron chi connectivity index (χ0n) is 12.3. The summed E-state index contributed by atoms with van der Waals surface area (Å²) in [5, 5.41) is 0.515. The van der Waals surface area contributed by atoms with Crippen molar-refractivity contribution in [1.29, 1.82) is 0 Å². The Morgan fingerprint density at radius 3 is 2.95 bits per heavy atom. The third-order valence-corrected chi connectivity index (χ3v) is 4.66. The Labute approximate surface area is 127 Å². The molecule has 2 aliphatic rings. The number of hydrogen-bond acceptors (Lipinski definition) is 4. The highest BCUT2D eigenvalue weighted by molar-refractivity contribution is 5.92. The number of ether oxygens (including phenoxy) is 1. The average Bonchev–Trinajstić information content (AvgIpc) is 2.92. The SMILES string of the molecule is CN1CCOC2CN(c3ccnc4c(F)cc(F)cc34)CC21. The molecule has 0 spiro atoms. The van der Waals surface area contributed by atoms with E-state index in [1.165, 1.54) is 6.07 Å². The Morgan fingerprint density at radius 2 is 2.14 bits per heavy atom. The summed E-state index contributed by atoms with van der Waals surface area (Å²) in [5.74, 6) is -1.20. The van der Waals surface area contributed by atoms with E-state index < -0.39 is 11.6 Å². The van der Waals surface area contributed by atoms with E-state index in [9.17, 15) is 8.78 Å². The first-order chi connectivity index (χ1) is 10.6. The molecule has 2 unspecified atom stereocenters. The van der Waals surface area contributed by atoms with Crippen molar-refractivity contribution >= 4 is 16.6 Å². The van der Waals surface area contributed by atoms with E-state index in [0.29, 0.717) is 11.4 Å². The molecule has 2 atom stereocenters. The first kappa shape index (κ1) is 13.8. The van der Waals surface area contributed by atoms with Crippen LogP contribution in [0.1, 0.15) is 0 Å². The molecule has 2 aliphatic heterocycles. The highest BCUT2D eigenvalue weighted by Crippen LogP contribution is 2.32. The van der Waals surface area contributed by atoms with Crippen LogP contribution in [0, 0.1) is 11.6 Å². The molecule has 116 valence electrons. The molecule has 3 heterocycles. The van der Waals surface area contributed by atoms with Gasteiger partial charge in [-0.2, -0.15) is 0 Å². The zero-order valence-corrected chi connectivity index (χ0v) is 12.3. The van der Waals surface area contributed by atoms with E-state index in [1.54, 1.807) is 6.20 Å². The number of halogens is 2. The van der Waals surface area contributed by atoms with Gasteiger partial charge in [0, 0.05) is 43.0 Å². The summed E-state index contributed by atoms with van der Waals surface area (Å²) in [5.41, 5.74) is 1.03. The lowest BCUT2D eigenvalue weighted by molar-refractivity contribution is -0.0362. The number of pyridine rings is 1. The number of nitrogens with zero attached hydrogens (tertiary/aromatic N) is 3. The minimum atomic E-state index is -0.623. The molecule has 2 aromatic rings. The average molecular weight is 305 g/mol. The Hall–Kier alpha value is -1.79. The van der Waals surface area contributed by atoms with Crippen LogP contribution in [0.4, 0.5) is 14.5 Å². The third kappa shape index (κ3) is 2.14. The Balaban J connectivity index is 1.76. The third-order valence-electron chi connectivity index (χ3n) is 4.66. The number of rotatable bonds is 1. The van der Waals surface area contributed by atoms with E-state index in [4.69, 9.17) is 4.74 Å². The normalized spacial score (nSPS) is 25.7. The first-order valence-corrected chi connectivity index (χ1v) is 7.44. The molecular formula is C16H17F2N3O. The monoisotopic (exact) mass is 305 g/mol. The van der Waals surface area contributed by atoms with Gasteiger partial charge in [-0.15, -0.1) is 0 Å². The number of anilines is 1. The van der Waals surface area contributed by atoms with Crippen LogP contribution in [0.15, 0.2) is 24.4 Å². The van der Waals surface area contributed by atoms with E-state index >= 15 is 0 Å². The van der Waals surface area contributed by atoms with Crippen molar-refractivity contribution in [1.82, 2.24) is 9.88 Å². The molecular weight excluding hydrogens is 288 g/mol. The van der Waals surface area contributed by atoms with Gasteiger partial charge in [0.05, 0.1) is 18.8 Å². The van der Waals surface area contributed by atoms with Crippen LogP contribution in [-0.4, -0.2) is 55.3 Å². The fourth-order valence-corrected chi connectivity index (χ4v) is 3.49. The van der Waals surface area contributed by atoms with Crippen molar-refractivity contribution in [2.24, 2.45) is 0 Å². The van der Waals surface area contributed by atoms with Crippen LogP contribution < -0.4 is 4.90 Å². The van der Waals surface area contributed by atoms with Gasteiger partial charge in [0.1, 0.15) is 11.3 Å². The lowest BCUT2D eigenvalue weighted by atomic mass is 10.1. The second-order valence-electron chi connectivity index (χ2n) is 5.98. The smallest absolute Gasteiger partial charge is 0.152 e. The number of likely N-dealkylation sites (N-methyl/N-ethyl adjacent to an activating group) is 1. The minimum absolute atomic E-state index is 0.139. The summed E-state index contributed by atoms with van der Waals surface area (Å²) in [6, 6.07) is 4.36. The van der Waals surface area contributed by atoms with Crippen LogP contribution in [0.2, 0.25) is 0 Å². The van der Waals surface area contributed by atoms with Gasteiger partial charge in [-0.25, -0.2) is 8.78 Å². The molecule has 1 aromatic heterocycles. The van der Waals surface area contributed by atoms with Gasteiger partial charge in [-0.1, -0.05) is 0 Å². The number of morpholine rings is 1. The summed E-state index contributed by atoms with van der Waals surface area (Å²) in [4.78, 5) is 8.48. The van der Waals surface area contributed by atoms with Crippen LogP contribution in [0.25, 0.3) is 10.9 Å². The summed E-state index contributed by atoms with van der Waals surface area (Å²) >= 11 is 0. The molecule has 4 rings (SSSR count). The van der Waals surface area contributed by atoms with E-state index in [-0.39, 0.29) is 11.6 Å². The van der Waals surface area contributed by atoms with Crippen molar-refractivity contribution in [3.8, 4) is 0 Å². The summed E-state index contributed by atoms with van der Waals surface area (Å²) in [6.07, 6.45) is 1.71. The molecule has 0 N–H and O–H groups in total. The van der Waals surface area contributed by atoms with Gasteiger partial charge in [0.25, 0.3) is 0 Å². The maximum absolute atomic E-state index is 13.9. The Bertz CT molecular complexity index is 724. The molecule has 4 nitrogen and oxygen atoms in total. The number of aromatic nitrogens is 1. The molecule has 0 aliphatic carbocycles. The Kier molecular flexibility index (Phi) is 3.23. The van der Waals surface area contributed by atoms with Crippen molar-refractivity contribution in [2.45, 2.75) is 12.1 Å². The summed E-state index contributed by atoms with van der Waals surface area (Å²) in [6.45, 7) is 3.16. The van der Waals surface area contributed by atoms with Gasteiger partial charge in [0.15, 0.2) is 5.82 Å². The van der Waals surface area contributed by atoms with Gasteiger partial charge in [-0.05, 0) is 19.2 Å². The van der Waals surface area contributed by atoms with E-state index in [0.717, 1.165) is 38.0 Å². The van der Waals surface area contributed by atoms with Crippen molar-refractivity contribution in [3.63, 3.8) is 0 Å². The van der Waals surface area contributed by atoms with Crippen molar-refractivity contribution in [3.05, 3.63) is 36.0 Å². The minimum Gasteiger partial charge on any atom is -0.373 e. The molecule has 2 fully saturated rings. The topological polar surface area (TPSA) is 28.6 Å². The second-order valence-corrected chi connectivity index (χ2v) is 5.98. The van der Waals surface area contributed by atoms with Gasteiger partial charge < -0.3 is 9.64 Å². The van der Waals surface area contributed by atoms with Crippen LogP contribution in [0.5, 0.6) is 0 Å². The molecule has 0 saturated carbocycles. The van der Waals surface area contributed by atoms with Crippen LogP contribution >= 0.6 is 0 Å². The maximum Gasteiger partial charge on any atom is 0.152 e. The molecule has 22 heavy (non-hydrogen) atoms. The fraction of sp³-hybridized carbons (Fsp3) is 0.438. The van der Waals surface area contributed by atoms with Crippen molar-refractivity contribution < 1.29 is 13.5 Å². The number of benzene rings is 1. The summed E-state index contributed by atoms with van der Waals surface area (Å²) < 4.78 is 33.4. The quantitative estimate of drug-likeness (QED) is 0.806. The summed E-state index contributed by atoms with van der Waals surface area (Å²) in [7, 11) is 2.09. The van der Waals surface area contributed by atoms with Crippen LogP contribution in [-0.2, 0) is 4.74 Å². The lowest BCUT2D eigenvalue weighted by Crippen LogP contribution is -2.48. The number of fused-ring (bicyclic) bond motifs is 2. The lowest BCUT2D eigenvalue weighted by Gasteiger charge is -2.33. The predicted octanol–water partition coefficient (Wildman–Crippen LogP) is 2.03. The van der Waals surface area contributed by atoms with E-state index in [2.05, 4.69) is 21.8 Å².